The van der Waals surface area contributed by atoms with Gasteiger partial charge in [0.25, 0.3) is 0 Å². The highest BCUT2D eigenvalue weighted by molar-refractivity contribution is 8.01. The van der Waals surface area contributed by atoms with Crippen LogP contribution in [0.3, 0.4) is 0 Å². The van der Waals surface area contributed by atoms with E-state index in [0.717, 1.165) is 23.9 Å². The maximum absolute atomic E-state index is 12.6. The van der Waals surface area contributed by atoms with Crippen molar-refractivity contribution in [2.75, 3.05) is 0 Å². The summed E-state index contributed by atoms with van der Waals surface area (Å²) in [5.41, 5.74) is -0.957. The van der Waals surface area contributed by atoms with Crippen LogP contribution in [0.4, 0.5) is 13.2 Å². The number of aromatic nitrogens is 3. The van der Waals surface area contributed by atoms with Crippen molar-refractivity contribution >= 4 is 23.1 Å². The lowest BCUT2D eigenvalue weighted by Gasteiger charge is -2.07. The Morgan fingerprint density at radius 2 is 2.05 bits per heavy atom. The van der Waals surface area contributed by atoms with Crippen LogP contribution in [0.2, 0.25) is 0 Å². The molecule has 0 aliphatic rings. The van der Waals surface area contributed by atoms with Crippen LogP contribution >= 0.6 is 23.1 Å². The lowest BCUT2D eigenvalue weighted by atomic mass is 10.2. The molecule has 0 bridgehead atoms. The maximum atomic E-state index is 12.6. The molecule has 2 heterocycles. The molecule has 0 atom stereocenters. The van der Waals surface area contributed by atoms with Crippen molar-refractivity contribution in [2.45, 2.75) is 22.5 Å². The minimum Gasteiger partial charge on any atom is -0.235 e. The zero-order valence-electron chi connectivity index (χ0n) is 9.39. The summed E-state index contributed by atoms with van der Waals surface area (Å²) in [6.45, 7) is 1.73. The van der Waals surface area contributed by atoms with E-state index in [1.807, 2.05) is 6.07 Å². The van der Waals surface area contributed by atoms with E-state index in [4.69, 9.17) is 5.26 Å². The van der Waals surface area contributed by atoms with Gasteiger partial charge in [0.15, 0.2) is 4.34 Å². The standard InChI is InChI=1S/C10H5F3N4S2/c1-5-16-17-9(18-5)19-8-6(4-14)2-3-7(15-8)10(11,12)13/h2-3H,1H3. The number of pyridine rings is 1. The molecular weight excluding hydrogens is 297 g/mol. The fourth-order valence-corrected chi connectivity index (χ4v) is 2.96. The molecule has 0 radical (unpaired) electrons. The molecule has 19 heavy (non-hydrogen) atoms. The molecule has 0 aliphatic heterocycles. The van der Waals surface area contributed by atoms with Crippen molar-refractivity contribution in [1.82, 2.24) is 15.2 Å². The fraction of sp³-hybridized carbons (Fsp3) is 0.200. The predicted octanol–water partition coefficient (Wildman–Crippen LogP) is 3.28. The van der Waals surface area contributed by atoms with Crippen LogP contribution in [0.25, 0.3) is 0 Å². The van der Waals surface area contributed by atoms with Crippen LogP contribution < -0.4 is 0 Å². The number of hydrogen-bond donors (Lipinski definition) is 0. The van der Waals surface area contributed by atoms with E-state index in [9.17, 15) is 13.2 Å². The monoisotopic (exact) mass is 302 g/mol. The summed E-state index contributed by atoms with van der Waals surface area (Å²) >= 11 is 2.13. The average molecular weight is 302 g/mol. The lowest BCUT2D eigenvalue weighted by Crippen LogP contribution is -2.08. The highest BCUT2D eigenvalue weighted by Crippen LogP contribution is 2.34. The van der Waals surface area contributed by atoms with E-state index in [0.29, 0.717) is 9.35 Å². The van der Waals surface area contributed by atoms with Crippen molar-refractivity contribution < 1.29 is 13.2 Å². The van der Waals surface area contributed by atoms with Crippen LogP contribution in [0, 0.1) is 18.3 Å². The van der Waals surface area contributed by atoms with Gasteiger partial charge in [-0.2, -0.15) is 18.4 Å². The molecule has 0 amide bonds. The minimum atomic E-state index is -4.54. The van der Waals surface area contributed by atoms with Crippen molar-refractivity contribution in [3.05, 3.63) is 28.4 Å². The molecule has 9 heteroatoms. The van der Waals surface area contributed by atoms with E-state index in [-0.39, 0.29) is 10.6 Å². The second-order valence-corrected chi connectivity index (χ2v) is 5.77. The van der Waals surface area contributed by atoms with Crippen LogP contribution in [0.1, 0.15) is 16.3 Å². The Morgan fingerprint density at radius 3 is 2.58 bits per heavy atom. The predicted molar refractivity (Wildman–Crippen MR) is 62.7 cm³/mol. The number of nitriles is 1. The summed E-state index contributed by atoms with van der Waals surface area (Å²) in [5, 5.41) is 17.1. The van der Waals surface area contributed by atoms with E-state index in [1.54, 1.807) is 6.92 Å². The molecule has 98 valence electrons. The SMILES string of the molecule is Cc1nnc(Sc2nc(C(F)(F)F)ccc2C#N)s1. The molecule has 0 aliphatic carbocycles. The van der Waals surface area contributed by atoms with Gasteiger partial charge in [-0.05, 0) is 30.8 Å². The second kappa shape index (κ2) is 5.14. The number of hydrogen-bond acceptors (Lipinski definition) is 6. The van der Waals surface area contributed by atoms with Gasteiger partial charge in [0.05, 0.1) is 5.56 Å². The first-order valence-electron chi connectivity index (χ1n) is 4.86. The average Bonchev–Trinajstić information content (AvgIpc) is 2.73. The maximum Gasteiger partial charge on any atom is 0.433 e. The number of aryl methyl sites for hydroxylation is 1. The van der Waals surface area contributed by atoms with Crippen molar-refractivity contribution in [2.24, 2.45) is 0 Å². The third-order valence-corrected chi connectivity index (χ3v) is 3.86. The van der Waals surface area contributed by atoms with Gasteiger partial charge >= 0.3 is 6.18 Å². The fourth-order valence-electron chi connectivity index (χ4n) is 1.16. The Hall–Kier alpha value is -1.66. The van der Waals surface area contributed by atoms with Crippen molar-refractivity contribution in [1.29, 1.82) is 5.26 Å². The number of nitrogens with zero attached hydrogens (tertiary/aromatic N) is 4. The number of alkyl halides is 3. The number of halogens is 3. The molecule has 2 aromatic heterocycles. The first-order valence-corrected chi connectivity index (χ1v) is 6.50. The first kappa shape index (κ1) is 13.8. The molecule has 2 aromatic rings. The molecule has 0 N–H and O–H groups in total. The Morgan fingerprint density at radius 1 is 1.32 bits per heavy atom. The van der Waals surface area contributed by atoms with E-state index >= 15 is 0 Å². The van der Waals surface area contributed by atoms with Crippen LogP contribution in [0.15, 0.2) is 21.5 Å². The van der Waals surface area contributed by atoms with Gasteiger partial charge in [-0.3, -0.25) is 0 Å². The molecule has 2 rings (SSSR count). The Labute approximate surface area is 114 Å². The largest absolute Gasteiger partial charge is 0.433 e. The molecule has 0 spiro atoms. The molecule has 4 nitrogen and oxygen atoms in total. The topological polar surface area (TPSA) is 62.5 Å². The van der Waals surface area contributed by atoms with E-state index in [2.05, 4.69) is 15.2 Å². The minimum absolute atomic E-state index is 0.0199. The molecule has 0 aromatic carbocycles. The molecule has 0 unspecified atom stereocenters. The number of rotatable bonds is 2. The summed E-state index contributed by atoms with van der Waals surface area (Å²) < 4.78 is 38.1. The Kier molecular flexibility index (Phi) is 3.73. The van der Waals surface area contributed by atoms with Crippen LogP contribution in [0.5, 0.6) is 0 Å². The van der Waals surface area contributed by atoms with Crippen molar-refractivity contribution in [3.63, 3.8) is 0 Å². The third-order valence-electron chi connectivity index (χ3n) is 1.96. The van der Waals surface area contributed by atoms with E-state index in [1.165, 1.54) is 11.3 Å². The second-order valence-electron chi connectivity index (χ2n) is 3.35. The Bertz CT molecular complexity index is 645. The quantitative estimate of drug-likeness (QED) is 0.852. The van der Waals surface area contributed by atoms with Crippen LogP contribution in [-0.2, 0) is 6.18 Å². The summed E-state index contributed by atoms with van der Waals surface area (Å²) in [4.78, 5) is 3.47. The zero-order valence-corrected chi connectivity index (χ0v) is 11.0. The Balaban J connectivity index is 2.40. The normalized spacial score (nSPS) is 11.3. The molecule has 0 fully saturated rings. The van der Waals surface area contributed by atoms with Gasteiger partial charge in [0, 0.05) is 0 Å². The summed E-state index contributed by atoms with van der Waals surface area (Å²) in [7, 11) is 0. The molecule has 0 saturated carbocycles. The lowest BCUT2D eigenvalue weighted by molar-refractivity contribution is -0.141. The summed E-state index contributed by atoms with van der Waals surface area (Å²) in [6.07, 6.45) is -4.54. The van der Waals surface area contributed by atoms with Gasteiger partial charge in [-0.15, -0.1) is 10.2 Å². The van der Waals surface area contributed by atoms with Crippen LogP contribution in [-0.4, -0.2) is 15.2 Å². The van der Waals surface area contributed by atoms with Gasteiger partial charge in [0.2, 0.25) is 0 Å². The summed E-state index contributed by atoms with van der Waals surface area (Å²) in [5.74, 6) is 0. The van der Waals surface area contributed by atoms with Crippen molar-refractivity contribution in [3.8, 4) is 6.07 Å². The van der Waals surface area contributed by atoms with Gasteiger partial charge in [-0.1, -0.05) is 11.3 Å². The van der Waals surface area contributed by atoms with Gasteiger partial charge < -0.3 is 0 Å². The van der Waals surface area contributed by atoms with Gasteiger partial charge in [0.1, 0.15) is 21.8 Å². The summed E-state index contributed by atoms with van der Waals surface area (Å²) in [6, 6.07) is 3.70. The first-order chi connectivity index (χ1) is 8.90. The zero-order chi connectivity index (χ0) is 14.0. The molecular formula is C10H5F3N4S2. The van der Waals surface area contributed by atoms with E-state index < -0.39 is 11.9 Å². The highest BCUT2D eigenvalue weighted by Gasteiger charge is 2.33. The molecule has 0 saturated heterocycles. The third kappa shape index (κ3) is 3.21. The highest BCUT2D eigenvalue weighted by atomic mass is 32.2. The van der Waals surface area contributed by atoms with Gasteiger partial charge in [-0.25, -0.2) is 4.98 Å². The smallest absolute Gasteiger partial charge is 0.235 e.